The first-order valence-electron chi connectivity index (χ1n) is 6.08. The van der Waals surface area contributed by atoms with Crippen molar-refractivity contribution in [2.45, 2.75) is 12.2 Å². The van der Waals surface area contributed by atoms with Gasteiger partial charge in [0.15, 0.2) is 0 Å². The van der Waals surface area contributed by atoms with Crippen molar-refractivity contribution >= 4 is 10.0 Å². The number of hydrogen-bond acceptors (Lipinski definition) is 4. The molecule has 0 unspecified atom stereocenters. The largest absolute Gasteiger partial charge is 0.469 e. The van der Waals surface area contributed by atoms with Gasteiger partial charge in [-0.1, -0.05) is 18.2 Å². The molecule has 104 valence electrons. The summed E-state index contributed by atoms with van der Waals surface area (Å²) >= 11 is 0. The average molecular weight is 290 g/mol. The summed E-state index contributed by atoms with van der Waals surface area (Å²) in [6.45, 7) is 0.268. The summed E-state index contributed by atoms with van der Waals surface area (Å²) in [6, 6.07) is 12.2. The Morgan fingerprint density at radius 2 is 2.00 bits per heavy atom. The molecule has 0 amide bonds. The second kappa shape index (κ2) is 6.37. The fraction of sp³-hybridized carbons (Fsp3) is 0.214. The van der Waals surface area contributed by atoms with Crippen LogP contribution in [-0.4, -0.2) is 15.0 Å². The maximum atomic E-state index is 11.9. The molecule has 0 bridgehead atoms. The van der Waals surface area contributed by atoms with Gasteiger partial charge in [-0.05, 0) is 23.8 Å². The highest BCUT2D eigenvalue weighted by Gasteiger charge is 2.13. The zero-order chi connectivity index (χ0) is 14.4. The van der Waals surface area contributed by atoms with Gasteiger partial charge in [-0.25, -0.2) is 13.1 Å². The van der Waals surface area contributed by atoms with E-state index < -0.39 is 10.0 Å². The van der Waals surface area contributed by atoms with Crippen LogP contribution in [0.25, 0.3) is 0 Å². The van der Waals surface area contributed by atoms with Gasteiger partial charge in [-0.3, -0.25) is 0 Å². The van der Waals surface area contributed by atoms with E-state index in [1.165, 1.54) is 0 Å². The first-order chi connectivity index (χ1) is 9.61. The topological polar surface area (TPSA) is 83.1 Å². The van der Waals surface area contributed by atoms with Gasteiger partial charge >= 0.3 is 0 Å². The molecule has 20 heavy (non-hydrogen) atoms. The molecule has 0 spiro atoms. The van der Waals surface area contributed by atoms with Crippen LogP contribution in [0.3, 0.4) is 0 Å². The molecule has 0 aliphatic rings. The lowest BCUT2D eigenvalue weighted by Crippen LogP contribution is -2.27. The van der Waals surface area contributed by atoms with Gasteiger partial charge in [0.2, 0.25) is 10.0 Å². The van der Waals surface area contributed by atoms with Gasteiger partial charge in [0.05, 0.1) is 23.6 Å². The highest BCUT2D eigenvalue weighted by Crippen LogP contribution is 2.11. The number of benzene rings is 1. The normalized spacial score (nSPS) is 11.2. The lowest BCUT2D eigenvalue weighted by atomic mass is 10.1. The first-order valence-corrected chi connectivity index (χ1v) is 7.74. The Hall–Kier alpha value is -2.10. The van der Waals surface area contributed by atoms with Crippen LogP contribution in [-0.2, 0) is 22.2 Å². The van der Waals surface area contributed by atoms with Crippen molar-refractivity contribution in [3.8, 4) is 6.07 Å². The summed E-state index contributed by atoms with van der Waals surface area (Å²) in [5.41, 5.74) is 0.879. The third-order valence-electron chi connectivity index (χ3n) is 2.76. The maximum absolute atomic E-state index is 11.9. The van der Waals surface area contributed by atoms with Crippen LogP contribution in [0.1, 0.15) is 16.9 Å². The molecule has 0 aliphatic carbocycles. The van der Waals surface area contributed by atoms with Gasteiger partial charge in [0.1, 0.15) is 5.76 Å². The van der Waals surface area contributed by atoms with Crippen LogP contribution in [0.4, 0.5) is 0 Å². The van der Waals surface area contributed by atoms with Crippen LogP contribution in [0.15, 0.2) is 47.1 Å². The summed E-state index contributed by atoms with van der Waals surface area (Å²) in [7, 11) is -3.46. The summed E-state index contributed by atoms with van der Waals surface area (Å²) in [5.74, 6) is 0.527. The van der Waals surface area contributed by atoms with Gasteiger partial charge in [-0.15, -0.1) is 0 Å². The molecule has 0 radical (unpaired) electrons. The van der Waals surface area contributed by atoms with Gasteiger partial charge in [0.25, 0.3) is 0 Å². The Balaban J connectivity index is 1.95. The molecular weight excluding hydrogens is 276 g/mol. The molecule has 0 aliphatic heterocycles. The van der Waals surface area contributed by atoms with E-state index >= 15 is 0 Å². The fourth-order valence-corrected chi connectivity index (χ4v) is 2.97. The molecule has 2 rings (SSSR count). The summed E-state index contributed by atoms with van der Waals surface area (Å²) in [5, 5.41) is 8.94. The third-order valence-corrected chi connectivity index (χ3v) is 4.09. The summed E-state index contributed by atoms with van der Waals surface area (Å²) < 4.78 is 31.5. The zero-order valence-corrected chi connectivity index (χ0v) is 11.6. The molecule has 0 atom stereocenters. The van der Waals surface area contributed by atoms with Crippen molar-refractivity contribution in [3.63, 3.8) is 0 Å². The van der Waals surface area contributed by atoms with Gasteiger partial charge in [-0.2, -0.15) is 5.26 Å². The number of sulfonamides is 1. The van der Waals surface area contributed by atoms with E-state index in [0.717, 1.165) is 5.76 Å². The molecule has 5 nitrogen and oxygen atoms in total. The van der Waals surface area contributed by atoms with E-state index in [2.05, 4.69) is 4.72 Å². The van der Waals surface area contributed by atoms with E-state index in [0.29, 0.717) is 17.5 Å². The summed E-state index contributed by atoms with van der Waals surface area (Å²) in [4.78, 5) is 0. The molecule has 6 heteroatoms. The van der Waals surface area contributed by atoms with Crippen molar-refractivity contribution < 1.29 is 12.8 Å². The molecule has 0 saturated carbocycles. The predicted molar refractivity (Wildman–Crippen MR) is 74.2 cm³/mol. The lowest BCUT2D eigenvalue weighted by molar-refractivity contribution is 0.506. The standard InChI is InChI=1S/C14H14N2O3S/c15-10-12-4-1-2-5-13(12)11-20(17,18)16-8-7-14-6-3-9-19-14/h1-6,9,16H,7-8,11H2. The van der Waals surface area contributed by atoms with E-state index in [-0.39, 0.29) is 12.3 Å². The quantitative estimate of drug-likeness (QED) is 0.879. The zero-order valence-electron chi connectivity index (χ0n) is 10.7. The Labute approximate surface area is 117 Å². The molecule has 1 aromatic heterocycles. The SMILES string of the molecule is N#Cc1ccccc1CS(=O)(=O)NCCc1ccco1. The minimum Gasteiger partial charge on any atom is -0.469 e. The lowest BCUT2D eigenvalue weighted by Gasteiger charge is -2.07. The number of hydrogen-bond donors (Lipinski definition) is 1. The van der Waals surface area contributed by atoms with Crippen LogP contribution >= 0.6 is 0 Å². The highest BCUT2D eigenvalue weighted by atomic mass is 32.2. The molecular formula is C14H14N2O3S. The van der Waals surface area contributed by atoms with E-state index in [1.54, 1.807) is 42.7 Å². The van der Waals surface area contributed by atoms with Crippen LogP contribution in [0.5, 0.6) is 0 Å². The van der Waals surface area contributed by atoms with Crippen LogP contribution in [0.2, 0.25) is 0 Å². The van der Waals surface area contributed by atoms with Crippen molar-refractivity contribution in [2.24, 2.45) is 0 Å². The van der Waals surface area contributed by atoms with Crippen LogP contribution in [0, 0.1) is 11.3 Å². The van der Waals surface area contributed by atoms with E-state index in [1.807, 2.05) is 6.07 Å². The van der Waals surface area contributed by atoms with Crippen LogP contribution < -0.4 is 4.72 Å². The molecule has 2 aromatic rings. The fourth-order valence-electron chi connectivity index (χ4n) is 1.80. The maximum Gasteiger partial charge on any atom is 0.215 e. The highest BCUT2D eigenvalue weighted by molar-refractivity contribution is 7.88. The first kappa shape index (κ1) is 14.3. The number of furan rings is 1. The monoisotopic (exact) mass is 290 g/mol. The molecule has 0 fully saturated rings. The van der Waals surface area contributed by atoms with E-state index in [9.17, 15) is 8.42 Å². The van der Waals surface area contributed by atoms with Crippen molar-refractivity contribution in [1.29, 1.82) is 5.26 Å². The number of nitrogens with one attached hydrogen (secondary N) is 1. The third kappa shape index (κ3) is 3.95. The molecule has 1 aromatic carbocycles. The number of nitrogens with zero attached hydrogens (tertiary/aromatic N) is 1. The Morgan fingerprint density at radius 1 is 1.20 bits per heavy atom. The van der Waals surface area contributed by atoms with Crippen molar-refractivity contribution in [2.75, 3.05) is 6.54 Å². The van der Waals surface area contributed by atoms with Gasteiger partial charge in [0, 0.05) is 13.0 Å². The van der Waals surface area contributed by atoms with Crippen molar-refractivity contribution in [3.05, 3.63) is 59.5 Å². The van der Waals surface area contributed by atoms with Crippen molar-refractivity contribution in [1.82, 2.24) is 4.72 Å². The summed E-state index contributed by atoms with van der Waals surface area (Å²) in [6.07, 6.45) is 2.04. The molecule has 1 heterocycles. The number of nitriles is 1. The van der Waals surface area contributed by atoms with E-state index in [4.69, 9.17) is 9.68 Å². The Kier molecular flexibility index (Phi) is 4.56. The molecule has 0 saturated heterocycles. The minimum atomic E-state index is -3.46. The smallest absolute Gasteiger partial charge is 0.215 e. The Morgan fingerprint density at radius 3 is 2.70 bits per heavy atom. The number of rotatable bonds is 6. The van der Waals surface area contributed by atoms with Gasteiger partial charge < -0.3 is 4.42 Å². The average Bonchev–Trinajstić information content (AvgIpc) is 2.92. The molecule has 1 N–H and O–H groups in total. The predicted octanol–water partition coefficient (Wildman–Crippen LogP) is 1.81. The second-order valence-electron chi connectivity index (χ2n) is 4.25. The minimum absolute atomic E-state index is 0.200. The Bertz CT molecular complexity index is 700. The second-order valence-corrected chi connectivity index (χ2v) is 6.06.